The van der Waals surface area contributed by atoms with Crippen LogP contribution in [0.4, 0.5) is 9.18 Å². The van der Waals surface area contributed by atoms with Crippen LogP contribution in [-0.2, 0) is 9.59 Å². The Balaban J connectivity index is 1.61. The number of imide groups is 1. The van der Waals surface area contributed by atoms with Crippen LogP contribution in [0.5, 0.6) is 0 Å². The Hall–Kier alpha value is -2.97. The number of amides is 5. The number of urea groups is 1. The second kappa shape index (κ2) is 7.57. The van der Waals surface area contributed by atoms with Crippen molar-refractivity contribution in [2.75, 3.05) is 32.7 Å². The zero-order valence-corrected chi connectivity index (χ0v) is 15.9. The lowest BCUT2D eigenvalue weighted by atomic mass is 10.1. The third kappa shape index (κ3) is 3.83. The minimum Gasteiger partial charge on any atom is -0.339 e. The van der Waals surface area contributed by atoms with Gasteiger partial charge in [0.2, 0.25) is 5.91 Å². The van der Waals surface area contributed by atoms with E-state index >= 15 is 0 Å². The molecule has 5 amide bonds. The van der Waals surface area contributed by atoms with E-state index in [2.05, 4.69) is 5.32 Å². The Kier molecular flexibility index (Phi) is 5.35. The van der Waals surface area contributed by atoms with Crippen molar-refractivity contribution < 1.29 is 23.6 Å². The maximum absolute atomic E-state index is 13.9. The van der Waals surface area contributed by atoms with Crippen molar-refractivity contribution in [1.29, 1.82) is 0 Å². The second-order valence-electron chi connectivity index (χ2n) is 7.45. The fourth-order valence-electron chi connectivity index (χ4n) is 3.37. The number of rotatable bonds is 3. The van der Waals surface area contributed by atoms with E-state index in [1.54, 1.807) is 19.9 Å². The fourth-order valence-corrected chi connectivity index (χ4v) is 3.37. The van der Waals surface area contributed by atoms with E-state index in [1.165, 1.54) is 28.0 Å². The van der Waals surface area contributed by atoms with E-state index < -0.39 is 29.2 Å². The molecule has 8 nitrogen and oxygen atoms in total. The first-order chi connectivity index (χ1) is 13.2. The summed E-state index contributed by atoms with van der Waals surface area (Å²) in [5.74, 6) is -1.80. The molecule has 2 aliphatic heterocycles. The van der Waals surface area contributed by atoms with Gasteiger partial charge in [-0.3, -0.25) is 19.3 Å². The van der Waals surface area contributed by atoms with Crippen LogP contribution in [0.2, 0.25) is 0 Å². The van der Waals surface area contributed by atoms with Gasteiger partial charge in [-0.15, -0.1) is 0 Å². The molecular weight excluding hydrogens is 367 g/mol. The fraction of sp³-hybridized carbons (Fsp3) is 0.474. The Morgan fingerprint density at radius 3 is 2.36 bits per heavy atom. The summed E-state index contributed by atoms with van der Waals surface area (Å²) in [7, 11) is 0. The third-order valence-electron chi connectivity index (χ3n) is 4.98. The predicted octanol–water partition coefficient (Wildman–Crippen LogP) is 0.831. The summed E-state index contributed by atoms with van der Waals surface area (Å²) in [6.45, 7) is 4.12. The van der Waals surface area contributed by atoms with E-state index in [-0.39, 0.29) is 31.1 Å². The van der Waals surface area contributed by atoms with Crippen LogP contribution in [0.25, 0.3) is 0 Å². The lowest BCUT2D eigenvalue weighted by molar-refractivity contribution is -0.138. The first-order valence-electron chi connectivity index (χ1n) is 9.16. The Morgan fingerprint density at radius 2 is 1.71 bits per heavy atom. The normalized spacial score (nSPS) is 19.5. The molecule has 1 aromatic carbocycles. The van der Waals surface area contributed by atoms with Crippen molar-refractivity contribution in [3.8, 4) is 0 Å². The van der Waals surface area contributed by atoms with Crippen LogP contribution in [-0.4, -0.2) is 76.7 Å². The van der Waals surface area contributed by atoms with Crippen LogP contribution in [0.1, 0.15) is 30.6 Å². The molecule has 3 rings (SSSR count). The standard InChI is InChI=1S/C19H23FN4O4/c1-19(2)17(27)24(18(28)21-19)12-15(25)22-8-5-9-23(11-10-22)16(26)13-6-3-4-7-14(13)20/h3-4,6-7H,5,8-12H2,1-2H3,(H,21,28). The van der Waals surface area contributed by atoms with Gasteiger partial charge in [0.1, 0.15) is 17.9 Å². The highest BCUT2D eigenvalue weighted by atomic mass is 19.1. The number of hydrogen-bond donors (Lipinski definition) is 1. The van der Waals surface area contributed by atoms with E-state index in [0.717, 1.165) is 4.90 Å². The number of nitrogens with one attached hydrogen (secondary N) is 1. The summed E-state index contributed by atoms with van der Waals surface area (Å²) in [6.07, 6.45) is 0.525. The number of halogens is 1. The van der Waals surface area contributed by atoms with Crippen LogP contribution in [0, 0.1) is 5.82 Å². The number of carbonyl (C=O) groups is 4. The highest BCUT2D eigenvalue weighted by Gasteiger charge is 2.45. The van der Waals surface area contributed by atoms with E-state index in [4.69, 9.17) is 0 Å². The molecule has 2 aliphatic rings. The minimum absolute atomic E-state index is 0.00356. The first-order valence-corrected chi connectivity index (χ1v) is 9.16. The molecule has 0 aliphatic carbocycles. The van der Waals surface area contributed by atoms with E-state index in [0.29, 0.717) is 19.5 Å². The monoisotopic (exact) mass is 390 g/mol. The number of hydrogen-bond acceptors (Lipinski definition) is 4. The number of nitrogens with zero attached hydrogens (tertiary/aromatic N) is 3. The molecule has 0 aromatic heterocycles. The van der Waals surface area contributed by atoms with Gasteiger partial charge >= 0.3 is 6.03 Å². The molecule has 0 atom stereocenters. The van der Waals surface area contributed by atoms with Gasteiger partial charge in [-0.05, 0) is 32.4 Å². The van der Waals surface area contributed by atoms with Crippen LogP contribution in [0.3, 0.4) is 0 Å². The van der Waals surface area contributed by atoms with Crippen LogP contribution < -0.4 is 5.32 Å². The second-order valence-corrected chi connectivity index (χ2v) is 7.45. The number of carbonyl (C=O) groups excluding carboxylic acids is 4. The molecule has 150 valence electrons. The predicted molar refractivity (Wildman–Crippen MR) is 97.8 cm³/mol. The topological polar surface area (TPSA) is 90.0 Å². The summed E-state index contributed by atoms with van der Waals surface area (Å²) < 4.78 is 13.9. The van der Waals surface area contributed by atoms with Gasteiger partial charge in [-0.25, -0.2) is 9.18 Å². The van der Waals surface area contributed by atoms with Gasteiger partial charge in [0, 0.05) is 26.2 Å². The maximum Gasteiger partial charge on any atom is 0.325 e. The van der Waals surface area contributed by atoms with Crippen molar-refractivity contribution in [3.05, 3.63) is 35.6 Å². The van der Waals surface area contributed by atoms with Gasteiger partial charge in [-0.1, -0.05) is 12.1 Å². The van der Waals surface area contributed by atoms with Gasteiger partial charge < -0.3 is 15.1 Å². The van der Waals surface area contributed by atoms with Crippen molar-refractivity contribution >= 4 is 23.8 Å². The molecule has 2 fully saturated rings. The SMILES string of the molecule is CC1(C)NC(=O)N(CC(=O)N2CCCN(C(=O)c3ccccc3F)CC2)C1=O. The van der Waals surface area contributed by atoms with Crippen LogP contribution >= 0.6 is 0 Å². The molecule has 0 spiro atoms. The highest BCUT2D eigenvalue weighted by molar-refractivity contribution is 6.08. The zero-order chi connectivity index (χ0) is 20.5. The summed E-state index contributed by atoms with van der Waals surface area (Å²) >= 11 is 0. The smallest absolute Gasteiger partial charge is 0.325 e. The molecule has 1 N–H and O–H groups in total. The average molecular weight is 390 g/mol. The van der Waals surface area contributed by atoms with Crippen molar-refractivity contribution in [2.24, 2.45) is 0 Å². The zero-order valence-electron chi connectivity index (χ0n) is 15.9. The highest BCUT2D eigenvalue weighted by Crippen LogP contribution is 2.17. The first kappa shape index (κ1) is 19.8. The molecule has 0 bridgehead atoms. The maximum atomic E-state index is 13.9. The Labute approximate surface area is 162 Å². The van der Waals surface area contributed by atoms with E-state index in [1.807, 2.05) is 0 Å². The summed E-state index contributed by atoms with van der Waals surface area (Å²) in [4.78, 5) is 53.3. The Bertz CT molecular complexity index is 826. The van der Waals surface area contributed by atoms with Crippen LogP contribution in [0.15, 0.2) is 24.3 Å². The molecule has 0 unspecified atom stereocenters. The van der Waals surface area contributed by atoms with Crippen molar-refractivity contribution in [2.45, 2.75) is 25.8 Å². The summed E-state index contributed by atoms with van der Waals surface area (Å²) in [5.41, 5.74) is -1.03. The molecule has 2 heterocycles. The lowest BCUT2D eigenvalue weighted by Gasteiger charge is -2.24. The third-order valence-corrected chi connectivity index (χ3v) is 4.98. The van der Waals surface area contributed by atoms with Crippen molar-refractivity contribution in [1.82, 2.24) is 20.0 Å². The van der Waals surface area contributed by atoms with Crippen molar-refractivity contribution in [3.63, 3.8) is 0 Å². The molecular formula is C19H23FN4O4. The average Bonchev–Trinajstić information content (AvgIpc) is 2.84. The van der Waals surface area contributed by atoms with Gasteiger partial charge in [0.25, 0.3) is 11.8 Å². The van der Waals surface area contributed by atoms with E-state index in [9.17, 15) is 23.6 Å². The molecule has 9 heteroatoms. The quantitative estimate of drug-likeness (QED) is 0.774. The molecule has 2 saturated heterocycles. The van der Waals surface area contributed by atoms with Gasteiger partial charge in [-0.2, -0.15) is 0 Å². The molecule has 0 saturated carbocycles. The summed E-state index contributed by atoms with van der Waals surface area (Å²) in [6, 6.07) is 5.20. The molecule has 28 heavy (non-hydrogen) atoms. The van der Waals surface area contributed by atoms with Gasteiger partial charge in [0.15, 0.2) is 0 Å². The Morgan fingerprint density at radius 1 is 1.07 bits per heavy atom. The molecule has 0 radical (unpaired) electrons. The lowest BCUT2D eigenvalue weighted by Crippen LogP contribution is -2.45. The largest absolute Gasteiger partial charge is 0.339 e. The number of benzene rings is 1. The molecule has 1 aromatic rings. The summed E-state index contributed by atoms with van der Waals surface area (Å²) in [5, 5.41) is 2.54. The minimum atomic E-state index is -1.03. The van der Waals surface area contributed by atoms with Gasteiger partial charge in [0.05, 0.1) is 5.56 Å².